The molecule has 0 heterocycles. The Morgan fingerprint density at radius 3 is 2.44 bits per heavy atom. The minimum absolute atomic E-state index is 0.940. The van der Waals surface area contributed by atoms with Crippen LogP contribution in [-0.2, 0) is 12.8 Å². The molecule has 80 valence electrons. The molecule has 0 unspecified atom stereocenters. The first-order chi connectivity index (χ1) is 7.88. The van der Waals surface area contributed by atoms with Gasteiger partial charge in [-0.25, -0.2) is 0 Å². The Morgan fingerprint density at radius 2 is 1.62 bits per heavy atom. The van der Waals surface area contributed by atoms with Crippen molar-refractivity contribution in [2.24, 2.45) is 0 Å². The molecule has 0 amide bonds. The molecule has 0 saturated carbocycles. The smallest absolute Gasteiger partial charge is 0.119 e. The molecule has 0 N–H and O–H groups in total. The second-order valence-electron chi connectivity index (χ2n) is 4.18. The molecule has 1 aliphatic rings. The summed E-state index contributed by atoms with van der Waals surface area (Å²) in [5.41, 5.74) is 5.58. The van der Waals surface area contributed by atoms with E-state index in [-0.39, 0.29) is 0 Å². The molecule has 16 heavy (non-hydrogen) atoms. The van der Waals surface area contributed by atoms with Crippen molar-refractivity contribution in [2.75, 3.05) is 7.11 Å². The third-order valence-corrected chi connectivity index (χ3v) is 3.29. The van der Waals surface area contributed by atoms with Crippen molar-refractivity contribution in [3.8, 4) is 16.9 Å². The van der Waals surface area contributed by atoms with Crippen LogP contribution in [-0.4, -0.2) is 7.11 Å². The Bertz CT molecular complexity index is 529. The van der Waals surface area contributed by atoms with E-state index in [1.165, 1.54) is 22.3 Å². The highest BCUT2D eigenvalue weighted by molar-refractivity contribution is 5.74. The van der Waals surface area contributed by atoms with Crippen molar-refractivity contribution in [1.82, 2.24) is 0 Å². The van der Waals surface area contributed by atoms with Gasteiger partial charge in [-0.1, -0.05) is 30.3 Å². The number of fused-ring (bicyclic) bond motifs is 3. The molecule has 1 heteroatoms. The van der Waals surface area contributed by atoms with Gasteiger partial charge in [-0.2, -0.15) is 0 Å². The van der Waals surface area contributed by atoms with Gasteiger partial charge in [-0.3, -0.25) is 0 Å². The molecule has 0 radical (unpaired) electrons. The molecule has 2 aromatic rings. The predicted molar refractivity (Wildman–Crippen MR) is 65.8 cm³/mol. The minimum Gasteiger partial charge on any atom is -0.497 e. The molecule has 2 aromatic carbocycles. The van der Waals surface area contributed by atoms with E-state index in [2.05, 4.69) is 36.4 Å². The van der Waals surface area contributed by atoms with Crippen LogP contribution in [0.3, 0.4) is 0 Å². The second-order valence-corrected chi connectivity index (χ2v) is 4.18. The monoisotopic (exact) mass is 210 g/mol. The highest BCUT2D eigenvalue weighted by Gasteiger charge is 2.15. The molecule has 1 aliphatic carbocycles. The van der Waals surface area contributed by atoms with Crippen molar-refractivity contribution >= 4 is 0 Å². The van der Waals surface area contributed by atoms with Crippen LogP contribution in [0.25, 0.3) is 11.1 Å². The van der Waals surface area contributed by atoms with Crippen LogP contribution in [0.4, 0.5) is 0 Å². The Labute approximate surface area is 95.7 Å². The van der Waals surface area contributed by atoms with Crippen LogP contribution in [0.1, 0.15) is 11.1 Å². The normalized spacial score (nSPS) is 12.8. The summed E-state index contributed by atoms with van der Waals surface area (Å²) < 4.78 is 5.30. The number of benzene rings is 2. The zero-order valence-electron chi connectivity index (χ0n) is 9.36. The molecule has 0 bridgehead atoms. The van der Waals surface area contributed by atoms with Gasteiger partial charge < -0.3 is 4.74 Å². The van der Waals surface area contributed by atoms with Gasteiger partial charge in [0.15, 0.2) is 0 Å². The lowest BCUT2D eigenvalue weighted by atomic mass is 9.86. The number of hydrogen-bond acceptors (Lipinski definition) is 1. The minimum atomic E-state index is 0.940. The first-order valence-corrected chi connectivity index (χ1v) is 5.63. The number of rotatable bonds is 1. The lowest BCUT2D eigenvalue weighted by Crippen LogP contribution is -2.03. The quantitative estimate of drug-likeness (QED) is 0.700. The SMILES string of the molecule is COc1ccc2c(c1)-c1ccccc1CC2. The number of hydrogen-bond donors (Lipinski definition) is 0. The zero-order valence-corrected chi connectivity index (χ0v) is 9.36. The van der Waals surface area contributed by atoms with Crippen LogP contribution in [0.2, 0.25) is 0 Å². The molecule has 0 atom stereocenters. The summed E-state index contributed by atoms with van der Waals surface area (Å²) in [7, 11) is 1.72. The molecule has 0 fully saturated rings. The molecule has 0 aromatic heterocycles. The van der Waals surface area contributed by atoms with Crippen LogP contribution in [0, 0.1) is 0 Å². The first-order valence-electron chi connectivity index (χ1n) is 5.63. The third kappa shape index (κ3) is 1.40. The van der Waals surface area contributed by atoms with E-state index in [0.29, 0.717) is 0 Å². The van der Waals surface area contributed by atoms with E-state index < -0.39 is 0 Å². The molecule has 0 spiro atoms. The van der Waals surface area contributed by atoms with Gasteiger partial charge >= 0.3 is 0 Å². The molecule has 0 aliphatic heterocycles. The van der Waals surface area contributed by atoms with Crippen molar-refractivity contribution in [2.45, 2.75) is 12.8 Å². The Balaban J connectivity index is 2.22. The van der Waals surface area contributed by atoms with Gasteiger partial charge in [0.1, 0.15) is 5.75 Å². The fourth-order valence-corrected chi connectivity index (χ4v) is 2.42. The lowest BCUT2D eigenvalue weighted by molar-refractivity contribution is 0.415. The van der Waals surface area contributed by atoms with Crippen molar-refractivity contribution in [3.05, 3.63) is 53.6 Å². The summed E-state index contributed by atoms with van der Waals surface area (Å²) in [6.45, 7) is 0. The number of aryl methyl sites for hydroxylation is 2. The van der Waals surface area contributed by atoms with Crippen LogP contribution in [0.15, 0.2) is 42.5 Å². The first kappa shape index (κ1) is 9.46. The topological polar surface area (TPSA) is 9.23 Å². The molecular formula is C15H14O. The largest absolute Gasteiger partial charge is 0.497 e. The Hall–Kier alpha value is -1.76. The van der Waals surface area contributed by atoms with E-state index in [1.807, 2.05) is 6.07 Å². The van der Waals surface area contributed by atoms with Crippen LogP contribution in [0.5, 0.6) is 5.75 Å². The van der Waals surface area contributed by atoms with Gasteiger partial charge in [0.2, 0.25) is 0 Å². The van der Waals surface area contributed by atoms with Crippen molar-refractivity contribution in [1.29, 1.82) is 0 Å². The summed E-state index contributed by atoms with van der Waals surface area (Å²) in [5.74, 6) is 0.940. The van der Waals surface area contributed by atoms with E-state index in [9.17, 15) is 0 Å². The standard InChI is InChI=1S/C15H14O/c1-16-13-9-8-12-7-6-11-4-2-3-5-14(11)15(12)10-13/h2-5,8-10H,6-7H2,1H3. The summed E-state index contributed by atoms with van der Waals surface area (Å²) in [6, 6.07) is 15.0. The van der Waals surface area contributed by atoms with Crippen molar-refractivity contribution in [3.63, 3.8) is 0 Å². The van der Waals surface area contributed by atoms with E-state index >= 15 is 0 Å². The summed E-state index contributed by atoms with van der Waals surface area (Å²) >= 11 is 0. The fraction of sp³-hybridized carbons (Fsp3) is 0.200. The fourth-order valence-electron chi connectivity index (χ4n) is 2.42. The van der Waals surface area contributed by atoms with E-state index in [0.717, 1.165) is 18.6 Å². The zero-order chi connectivity index (χ0) is 11.0. The van der Waals surface area contributed by atoms with Gasteiger partial charge in [-0.15, -0.1) is 0 Å². The maximum Gasteiger partial charge on any atom is 0.119 e. The Morgan fingerprint density at radius 1 is 0.875 bits per heavy atom. The van der Waals surface area contributed by atoms with Crippen molar-refractivity contribution < 1.29 is 4.74 Å². The molecule has 0 saturated heterocycles. The molecule has 3 rings (SSSR count). The summed E-state index contributed by atoms with van der Waals surface area (Å²) in [4.78, 5) is 0. The predicted octanol–water partition coefficient (Wildman–Crippen LogP) is 3.46. The highest BCUT2D eigenvalue weighted by atomic mass is 16.5. The Kier molecular flexibility index (Phi) is 2.17. The third-order valence-electron chi connectivity index (χ3n) is 3.29. The maximum atomic E-state index is 5.30. The van der Waals surface area contributed by atoms with E-state index in [1.54, 1.807) is 7.11 Å². The number of ether oxygens (including phenoxy) is 1. The van der Waals surface area contributed by atoms with Gasteiger partial charge in [0.25, 0.3) is 0 Å². The van der Waals surface area contributed by atoms with E-state index in [4.69, 9.17) is 4.74 Å². The average molecular weight is 210 g/mol. The number of methoxy groups -OCH3 is 1. The highest BCUT2D eigenvalue weighted by Crippen LogP contribution is 2.35. The van der Waals surface area contributed by atoms with Gasteiger partial charge in [0, 0.05) is 0 Å². The molecular weight excluding hydrogens is 196 g/mol. The molecule has 1 nitrogen and oxygen atoms in total. The summed E-state index contributed by atoms with van der Waals surface area (Å²) in [5, 5.41) is 0. The van der Waals surface area contributed by atoms with Crippen LogP contribution < -0.4 is 4.74 Å². The maximum absolute atomic E-state index is 5.30. The second kappa shape index (κ2) is 3.67. The van der Waals surface area contributed by atoms with Gasteiger partial charge in [-0.05, 0) is 47.2 Å². The lowest BCUT2D eigenvalue weighted by Gasteiger charge is -2.20. The summed E-state index contributed by atoms with van der Waals surface area (Å²) in [6.07, 6.45) is 2.28. The van der Waals surface area contributed by atoms with Crippen LogP contribution >= 0.6 is 0 Å². The van der Waals surface area contributed by atoms with Gasteiger partial charge in [0.05, 0.1) is 7.11 Å². The average Bonchev–Trinajstić information content (AvgIpc) is 2.38.